The van der Waals surface area contributed by atoms with Crippen molar-refractivity contribution in [1.82, 2.24) is 10.2 Å². The van der Waals surface area contributed by atoms with Gasteiger partial charge in [0.2, 0.25) is 5.91 Å². The summed E-state index contributed by atoms with van der Waals surface area (Å²) in [6.45, 7) is 6.42. The molecule has 138 valence electrons. The molecule has 4 nitrogen and oxygen atoms in total. The lowest BCUT2D eigenvalue weighted by molar-refractivity contribution is -0.123. The van der Waals surface area contributed by atoms with Gasteiger partial charge in [-0.3, -0.25) is 9.69 Å². The molecule has 2 aromatic rings. The second-order valence-electron chi connectivity index (χ2n) is 6.92. The molecule has 1 saturated heterocycles. The maximum Gasteiger partial charge on any atom is 0.234 e. The fourth-order valence-electron chi connectivity index (χ4n) is 3.54. The minimum absolute atomic E-state index is 0.110. The molecular formula is C22H29N3O. The number of anilines is 1. The van der Waals surface area contributed by atoms with Crippen LogP contribution in [0.1, 0.15) is 31.4 Å². The summed E-state index contributed by atoms with van der Waals surface area (Å²) in [5, 5.41) is 3.23. The average Bonchev–Trinajstić information content (AvgIpc) is 2.69. The van der Waals surface area contributed by atoms with Crippen LogP contribution in [0.15, 0.2) is 60.7 Å². The Kier molecular flexibility index (Phi) is 6.67. The molecule has 1 fully saturated rings. The number of carbonyl (C=O) groups excluding carboxylic acids is 1. The molecule has 1 N–H and O–H groups in total. The maximum atomic E-state index is 12.6. The molecule has 1 aliphatic rings. The molecule has 0 spiro atoms. The van der Waals surface area contributed by atoms with E-state index in [-0.39, 0.29) is 11.9 Å². The van der Waals surface area contributed by atoms with Gasteiger partial charge in [0.25, 0.3) is 0 Å². The van der Waals surface area contributed by atoms with Gasteiger partial charge in [-0.05, 0) is 24.1 Å². The number of hydrogen-bond donors (Lipinski definition) is 1. The van der Waals surface area contributed by atoms with Crippen molar-refractivity contribution < 1.29 is 4.79 Å². The van der Waals surface area contributed by atoms with Crippen molar-refractivity contribution in [2.24, 2.45) is 0 Å². The van der Waals surface area contributed by atoms with E-state index in [9.17, 15) is 4.79 Å². The van der Waals surface area contributed by atoms with E-state index in [4.69, 9.17) is 0 Å². The molecule has 0 saturated carbocycles. The van der Waals surface area contributed by atoms with Crippen LogP contribution in [0.4, 0.5) is 5.69 Å². The van der Waals surface area contributed by atoms with E-state index in [1.54, 1.807) is 0 Å². The van der Waals surface area contributed by atoms with Crippen LogP contribution < -0.4 is 10.2 Å². The number of benzene rings is 2. The third kappa shape index (κ3) is 5.09. The van der Waals surface area contributed by atoms with Crippen LogP contribution >= 0.6 is 0 Å². The number of piperazine rings is 1. The van der Waals surface area contributed by atoms with Crippen LogP contribution in [0.5, 0.6) is 0 Å². The Morgan fingerprint density at radius 2 is 1.58 bits per heavy atom. The topological polar surface area (TPSA) is 35.6 Å². The highest BCUT2D eigenvalue weighted by Crippen LogP contribution is 2.18. The zero-order chi connectivity index (χ0) is 18.2. The summed E-state index contributed by atoms with van der Waals surface area (Å²) >= 11 is 0. The van der Waals surface area contributed by atoms with Gasteiger partial charge < -0.3 is 10.2 Å². The number of para-hydroxylation sites is 1. The summed E-state index contributed by atoms with van der Waals surface area (Å²) in [7, 11) is 0. The molecule has 4 heteroatoms. The number of nitrogens with one attached hydrogen (secondary N) is 1. The summed E-state index contributed by atoms with van der Waals surface area (Å²) in [6, 6.07) is 20.9. The highest BCUT2D eigenvalue weighted by atomic mass is 16.2. The second kappa shape index (κ2) is 9.39. The van der Waals surface area contributed by atoms with E-state index in [1.807, 2.05) is 24.3 Å². The highest BCUT2D eigenvalue weighted by molar-refractivity contribution is 5.78. The van der Waals surface area contributed by atoms with E-state index < -0.39 is 0 Å². The van der Waals surface area contributed by atoms with Crippen LogP contribution in [0.2, 0.25) is 0 Å². The normalized spacial score (nSPS) is 16.3. The molecule has 1 amide bonds. The van der Waals surface area contributed by atoms with Gasteiger partial charge in [0.15, 0.2) is 0 Å². The van der Waals surface area contributed by atoms with Gasteiger partial charge in [0.05, 0.1) is 12.6 Å². The quantitative estimate of drug-likeness (QED) is 0.830. The van der Waals surface area contributed by atoms with Crippen molar-refractivity contribution in [3.05, 3.63) is 66.2 Å². The van der Waals surface area contributed by atoms with Crippen LogP contribution in [0.3, 0.4) is 0 Å². The molecule has 1 atom stereocenters. The van der Waals surface area contributed by atoms with E-state index in [0.717, 1.165) is 39.0 Å². The van der Waals surface area contributed by atoms with Crippen LogP contribution in [-0.2, 0) is 4.79 Å². The van der Waals surface area contributed by atoms with Gasteiger partial charge in [-0.25, -0.2) is 0 Å². The molecule has 0 unspecified atom stereocenters. The van der Waals surface area contributed by atoms with E-state index in [0.29, 0.717) is 6.54 Å². The van der Waals surface area contributed by atoms with Crippen molar-refractivity contribution in [2.45, 2.75) is 25.8 Å². The number of hydrogen-bond acceptors (Lipinski definition) is 3. The Labute approximate surface area is 156 Å². The molecule has 1 heterocycles. The van der Waals surface area contributed by atoms with Crippen molar-refractivity contribution in [1.29, 1.82) is 0 Å². The van der Waals surface area contributed by atoms with Crippen molar-refractivity contribution >= 4 is 11.6 Å². The van der Waals surface area contributed by atoms with Crippen molar-refractivity contribution in [3.8, 4) is 0 Å². The molecule has 26 heavy (non-hydrogen) atoms. The standard InChI is InChI=1S/C22H29N3O/c1-2-9-21(19-10-5-3-6-11-19)23-22(26)18-24-14-16-25(17-15-24)20-12-7-4-8-13-20/h3-8,10-13,21H,2,9,14-18H2,1H3,(H,23,26)/t21-/m1/s1. The number of amides is 1. The van der Waals surface area contributed by atoms with Gasteiger partial charge in [0, 0.05) is 31.9 Å². The summed E-state index contributed by atoms with van der Waals surface area (Å²) in [4.78, 5) is 17.2. The lowest BCUT2D eigenvalue weighted by atomic mass is 10.0. The van der Waals surface area contributed by atoms with Gasteiger partial charge in [0.1, 0.15) is 0 Å². The molecule has 1 aliphatic heterocycles. The van der Waals surface area contributed by atoms with E-state index >= 15 is 0 Å². The largest absolute Gasteiger partial charge is 0.369 e. The smallest absolute Gasteiger partial charge is 0.234 e. The summed E-state index contributed by atoms with van der Waals surface area (Å²) in [6.07, 6.45) is 2.02. The Morgan fingerprint density at radius 3 is 2.19 bits per heavy atom. The summed E-state index contributed by atoms with van der Waals surface area (Å²) < 4.78 is 0. The molecule has 0 aromatic heterocycles. The zero-order valence-electron chi connectivity index (χ0n) is 15.6. The molecule has 2 aromatic carbocycles. The lowest BCUT2D eigenvalue weighted by Gasteiger charge is -2.36. The Bertz CT molecular complexity index is 666. The Balaban J connectivity index is 1.49. The van der Waals surface area contributed by atoms with Crippen molar-refractivity contribution in [3.63, 3.8) is 0 Å². The minimum Gasteiger partial charge on any atom is -0.369 e. The lowest BCUT2D eigenvalue weighted by Crippen LogP contribution is -2.49. The highest BCUT2D eigenvalue weighted by Gasteiger charge is 2.20. The first-order valence-corrected chi connectivity index (χ1v) is 9.63. The number of nitrogens with zero attached hydrogens (tertiary/aromatic N) is 2. The molecule has 0 bridgehead atoms. The maximum absolute atomic E-state index is 12.6. The SMILES string of the molecule is CCC[C@@H](NC(=O)CN1CCN(c2ccccc2)CC1)c1ccccc1. The van der Waals surface area contributed by atoms with Gasteiger partial charge in [-0.1, -0.05) is 61.9 Å². The number of rotatable bonds is 7. The van der Waals surface area contributed by atoms with E-state index in [2.05, 4.69) is 58.4 Å². The van der Waals surface area contributed by atoms with Crippen LogP contribution in [-0.4, -0.2) is 43.5 Å². The van der Waals surface area contributed by atoms with Gasteiger partial charge in [-0.2, -0.15) is 0 Å². The molecule has 3 rings (SSSR count). The van der Waals surface area contributed by atoms with Crippen molar-refractivity contribution in [2.75, 3.05) is 37.6 Å². The zero-order valence-corrected chi connectivity index (χ0v) is 15.6. The summed E-state index contributed by atoms with van der Waals surface area (Å²) in [5.74, 6) is 0.125. The predicted octanol–water partition coefficient (Wildman–Crippen LogP) is 3.47. The average molecular weight is 351 g/mol. The third-order valence-electron chi connectivity index (χ3n) is 4.98. The fraction of sp³-hybridized carbons (Fsp3) is 0.409. The van der Waals surface area contributed by atoms with E-state index in [1.165, 1.54) is 11.3 Å². The van der Waals surface area contributed by atoms with Gasteiger partial charge >= 0.3 is 0 Å². The Morgan fingerprint density at radius 1 is 0.962 bits per heavy atom. The van der Waals surface area contributed by atoms with Crippen LogP contribution in [0, 0.1) is 0 Å². The van der Waals surface area contributed by atoms with Crippen LogP contribution in [0.25, 0.3) is 0 Å². The Hall–Kier alpha value is -2.33. The minimum atomic E-state index is 0.110. The van der Waals surface area contributed by atoms with Gasteiger partial charge in [-0.15, -0.1) is 0 Å². The second-order valence-corrected chi connectivity index (χ2v) is 6.92. The molecular weight excluding hydrogens is 322 g/mol. The first-order valence-electron chi connectivity index (χ1n) is 9.63. The fourth-order valence-corrected chi connectivity index (χ4v) is 3.54. The third-order valence-corrected chi connectivity index (χ3v) is 4.98. The first kappa shape index (κ1) is 18.5. The number of carbonyl (C=O) groups is 1. The monoisotopic (exact) mass is 351 g/mol. The first-order chi connectivity index (χ1) is 12.8. The molecule has 0 aliphatic carbocycles. The molecule has 0 radical (unpaired) electrons. The predicted molar refractivity (Wildman–Crippen MR) is 107 cm³/mol. The summed E-state index contributed by atoms with van der Waals surface area (Å²) in [5.41, 5.74) is 2.46.